The number of nitrogens with two attached hydrogens (primary N) is 4. The minimum absolute atomic E-state index is 0.197. The van der Waals surface area contributed by atoms with Gasteiger partial charge in [0.15, 0.2) is 0 Å². The number of rotatable bonds is 8. The number of likely N-dealkylation sites (N-methyl/N-ethyl adjacent to an activating group) is 1. The molecule has 0 atom stereocenters. The molecule has 0 amide bonds. The van der Waals surface area contributed by atoms with Crippen LogP contribution < -0.4 is 27.9 Å². The van der Waals surface area contributed by atoms with Gasteiger partial charge in [0.05, 0.1) is 35.4 Å². The number of aryl methyl sites for hydroxylation is 1. The van der Waals surface area contributed by atoms with Crippen molar-refractivity contribution in [3.8, 4) is 5.75 Å². The fourth-order valence-electron chi connectivity index (χ4n) is 3.28. The second-order valence-corrected chi connectivity index (χ2v) is 8.09. The predicted molar refractivity (Wildman–Crippen MR) is 118 cm³/mol. The highest BCUT2D eigenvalue weighted by atomic mass is 16.5. The number of hydrogen-bond acceptors (Lipinski definition) is 8. The zero-order valence-corrected chi connectivity index (χ0v) is 18.2. The highest BCUT2D eigenvalue weighted by Gasteiger charge is 2.18. The molecule has 1 aromatic rings. The summed E-state index contributed by atoms with van der Waals surface area (Å²) in [7, 11) is 1.72. The van der Waals surface area contributed by atoms with Gasteiger partial charge in [-0.1, -0.05) is 20.3 Å². The third-order valence-electron chi connectivity index (χ3n) is 5.21. The Labute approximate surface area is 174 Å². The Kier molecular flexibility index (Phi) is 8.16. The Bertz CT molecular complexity index is 737. The lowest BCUT2D eigenvalue weighted by molar-refractivity contribution is 0.153. The first kappa shape index (κ1) is 22.8. The summed E-state index contributed by atoms with van der Waals surface area (Å²) in [5, 5.41) is 2.94. The minimum Gasteiger partial charge on any atom is -0.489 e. The topological polar surface area (TPSA) is 133 Å². The van der Waals surface area contributed by atoms with Crippen molar-refractivity contribution in [2.75, 3.05) is 13.6 Å². The second kappa shape index (κ2) is 10.4. The number of allylic oxidation sites excluding steroid dienone is 1. The van der Waals surface area contributed by atoms with Crippen molar-refractivity contribution in [3.63, 3.8) is 0 Å². The summed E-state index contributed by atoms with van der Waals surface area (Å²) in [5.41, 5.74) is 15.6. The number of hydrazine groups is 2. The summed E-state index contributed by atoms with van der Waals surface area (Å²) < 4.78 is 6.16. The highest BCUT2D eigenvalue weighted by Crippen LogP contribution is 2.26. The first-order valence-electron chi connectivity index (χ1n) is 10.3. The van der Waals surface area contributed by atoms with E-state index in [1.807, 2.05) is 32.9 Å². The van der Waals surface area contributed by atoms with Gasteiger partial charge in [0.1, 0.15) is 5.75 Å². The van der Waals surface area contributed by atoms with Gasteiger partial charge in [0.2, 0.25) is 0 Å². The average molecular weight is 404 g/mol. The number of ether oxygens (including phenoxy) is 1. The summed E-state index contributed by atoms with van der Waals surface area (Å²) in [6, 6.07) is 3.80. The third kappa shape index (κ3) is 6.54. The van der Waals surface area contributed by atoms with Crippen LogP contribution in [0.4, 0.5) is 0 Å². The SMILES string of the molecule is Cc1nc(/C(N)=C(\CN(N)/C=C(\N)C(C)C)N(C)N)ccc1OC1CCCCC1. The van der Waals surface area contributed by atoms with Crippen molar-refractivity contribution in [3.05, 3.63) is 41.1 Å². The smallest absolute Gasteiger partial charge is 0.140 e. The van der Waals surface area contributed by atoms with Crippen LogP contribution in [-0.2, 0) is 0 Å². The van der Waals surface area contributed by atoms with E-state index in [0.717, 1.165) is 24.3 Å². The molecule has 1 saturated carbocycles. The summed E-state index contributed by atoms with van der Waals surface area (Å²) in [6.07, 6.45) is 7.92. The maximum atomic E-state index is 6.40. The van der Waals surface area contributed by atoms with Gasteiger partial charge in [-0.25, -0.2) is 16.7 Å². The molecule has 8 nitrogen and oxygen atoms in total. The Hall–Kier alpha value is -2.45. The molecule has 29 heavy (non-hydrogen) atoms. The van der Waals surface area contributed by atoms with Crippen molar-refractivity contribution < 1.29 is 4.74 Å². The van der Waals surface area contributed by atoms with Gasteiger partial charge in [0, 0.05) is 18.9 Å². The molecule has 1 aromatic heterocycles. The molecule has 0 radical (unpaired) electrons. The van der Waals surface area contributed by atoms with Crippen molar-refractivity contribution >= 4 is 5.70 Å². The minimum atomic E-state index is 0.197. The second-order valence-electron chi connectivity index (χ2n) is 8.09. The van der Waals surface area contributed by atoms with Crippen LogP contribution in [0.5, 0.6) is 5.75 Å². The molecule has 8 N–H and O–H groups in total. The molecular weight excluding hydrogens is 366 g/mol. The molecule has 0 saturated heterocycles. The number of aromatic nitrogens is 1. The molecular formula is C21H37N7O. The van der Waals surface area contributed by atoms with Gasteiger partial charge < -0.3 is 26.2 Å². The summed E-state index contributed by atoms with van der Waals surface area (Å²) >= 11 is 0. The molecule has 1 aliphatic rings. The molecule has 0 aromatic carbocycles. The maximum Gasteiger partial charge on any atom is 0.140 e. The van der Waals surface area contributed by atoms with Crippen LogP contribution in [0.2, 0.25) is 0 Å². The first-order valence-corrected chi connectivity index (χ1v) is 10.3. The number of pyridine rings is 1. The van der Waals surface area contributed by atoms with Crippen molar-refractivity contribution in [2.45, 2.75) is 59.0 Å². The van der Waals surface area contributed by atoms with E-state index in [1.165, 1.54) is 29.3 Å². The molecule has 2 rings (SSSR count). The molecule has 162 valence electrons. The van der Waals surface area contributed by atoms with Crippen LogP contribution in [0, 0.1) is 12.8 Å². The normalized spacial score (nSPS) is 16.6. The quantitative estimate of drug-likeness (QED) is 0.383. The van der Waals surface area contributed by atoms with E-state index < -0.39 is 0 Å². The molecule has 0 unspecified atom stereocenters. The zero-order valence-electron chi connectivity index (χ0n) is 18.2. The fourth-order valence-corrected chi connectivity index (χ4v) is 3.28. The van der Waals surface area contributed by atoms with E-state index >= 15 is 0 Å². The van der Waals surface area contributed by atoms with Gasteiger partial charge in [-0.05, 0) is 50.7 Å². The van der Waals surface area contributed by atoms with Crippen molar-refractivity contribution in [1.82, 2.24) is 15.0 Å². The van der Waals surface area contributed by atoms with Crippen LogP contribution in [0.1, 0.15) is 57.3 Å². The van der Waals surface area contributed by atoms with E-state index in [0.29, 0.717) is 29.3 Å². The van der Waals surface area contributed by atoms with E-state index in [9.17, 15) is 0 Å². The van der Waals surface area contributed by atoms with Crippen LogP contribution in [-0.4, -0.2) is 34.7 Å². The molecule has 1 aliphatic carbocycles. The third-order valence-corrected chi connectivity index (χ3v) is 5.21. The Morgan fingerprint density at radius 1 is 1.21 bits per heavy atom. The number of hydrogen-bond donors (Lipinski definition) is 4. The van der Waals surface area contributed by atoms with Crippen LogP contribution in [0.15, 0.2) is 29.7 Å². The lowest BCUT2D eigenvalue weighted by atomic mass is 9.98. The standard InChI is InChI=1S/C21H37N7O/c1-14(2)17(22)12-28(25)13-19(27(4)24)21(23)18-10-11-20(15(3)26-18)29-16-8-6-5-7-9-16/h10-12,14,16H,5-9,13,22-25H2,1-4H3/b17-12-,21-19-. The fraction of sp³-hybridized carbons (Fsp3) is 0.571. The monoisotopic (exact) mass is 403 g/mol. The van der Waals surface area contributed by atoms with Crippen LogP contribution in [0.25, 0.3) is 5.70 Å². The van der Waals surface area contributed by atoms with E-state index in [1.54, 1.807) is 13.2 Å². The van der Waals surface area contributed by atoms with Gasteiger partial charge in [-0.2, -0.15) is 0 Å². The maximum absolute atomic E-state index is 6.40. The van der Waals surface area contributed by atoms with Gasteiger partial charge in [-0.15, -0.1) is 0 Å². The van der Waals surface area contributed by atoms with Crippen molar-refractivity contribution in [2.24, 2.45) is 29.1 Å². The van der Waals surface area contributed by atoms with Gasteiger partial charge >= 0.3 is 0 Å². The molecule has 0 spiro atoms. The largest absolute Gasteiger partial charge is 0.489 e. The Morgan fingerprint density at radius 3 is 2.41 bits per heavy atom. The molecule has 8 heteroatoms. The van der Waals surface area contributed by atoms with Gasteiger partial charge in [-0.3, -0.25) is 0 Å². The lowest BCUT2D eigenvalue weighted by Crippen LogP contribution is -2.38. The summed E-state index contributed by atoms with van der Waals surface area (Å²) in [6.45, 7) is 6.24. The molecule has 0 aliphatic heterocycles. The summed E-state index contributed by atoms with van der Waals surface area (Å²) in [4.78, 5) is 4.65. The molecule has 1 heterocycles. The van der Waals surface area contributed by atoms with Gasteiger partial charge in [0.25, 0.3) is 0 Å². The van der Waals surface area contributed by atoms with Crippen LogP contribution in [0.3, 0.4) is 0 Å². The molecule has 0 bridgehead atoms. The van der Waals surface area contributed by atoms with Crippen LogP contribution >= 0.6 is 0 Å². The number of nitrogens with zero attached hydrogens (tertiary/aromatic N) is 3. The summed E-state index contributed by atoms with van der Waals surface area (Å²) in [5.74, 6) is 13.1. The Morgan fingerprint density at radius 2 is 1.86 bits per heavy atom. The van der Waals surface area contributed by atoms with E-state index in [2.05, 4.69) is 4.98 Å². The zero-order chi connectivity index (χ0) is 21.6. The lowest BCUT2D eigenvalue weighted by Gasteiger charge is -2.25. The molecule has 1 fully saturated rings. The Balaban J connectivity index is 2.20. The average Bonchev–Trinajstić information content (AvgIpc) is 2.67. The van der Waals surface area contributed by atoms with E-state index in [4.69, 9.17) is 27.9 Å². The highest BCUT2D eigenvalue weighted by molar-refractivity contribution is 5.63. The first-order chi connectivity index (χ1) is 13.7. The van der Waals surface area contributed by atoms with E-state index in [-0.39, 0.29) is 12.0 Å². The van der Waals surface area contributed by atoms with Crippen molar-refractivity contribution in [1.29, 1.82) is 0 Å². The predicted octanol–water partition coefficient (Wildman–Crippen LogP) is 2.17.